The van der Waals surface area contributed by atoms with Crippen molar-refractivity contribution in [1.82, 2.24) is 15.6 Å². The van der Waals surface area contributed by atoms with E-state index in [1.165, 1.54) is 0 Å². The lowest BCUT2D eigenvalue weighted by atomic mass is 9.93. The van der Waals surface area contributed by atoms with E-state index in [0.29, 0.717) is 23.5 Å². The quantitative estimate of drug-likeness (QED) is 0.736. The van der Waals surface area contributed by atoms with E-state index in [0.717, 1.165) is 11.3 Å². The molecular formula is C13H15N5O2. The molecule has 3 rings (SSSR count). The number of nitrogens with zero attached hydrogens (tertiary/aromatic N) is 2. The SMILES string of the molecule is COc1ccc(CC2(N)NC=C(N)c3nonc32)cc1. The van der Waals surface area contributed by atoms with E-state index in [-0.39, 0.29) is 0 Å². The number of rotatable bonds is 3. The van der Waals surface area contributed by atoms with Gasteiger partial charge in [-0.1, -0.05) is 17.3 Å². The Balaban J connectivity index is 1.90. The molecule has 0 spiro atoms. The molecule has 2 heterocycles. The second kappa shape index (κ2) is 4.53. The van der Waals surface area contributed by atoms with Crippen molar-refractivity contribution in [2.45, 2.75) is 12.1 Å². The minimum Gasteiger partial charge on any atom is -0.497 e. The third-order valence-corrected chi connectivity index (χ3v) is 3.31. The molecule has 1 aromatic carbocycles. The van der Waals surface area contributed by atoms with Crippen LogP contribution in [0.1, 0.15) is 17.0 Å². The highest BCUT2D eigenvalue weighted by Gasteiger charge is 2.37. The molecule has 7 heteroatoms. The van der Waals surface area contributed by atoms with Gasteiger partial charge in [-0.25, -0.2) is 4.63 Å². The second-order valence-corrected chi connectivity index (χ2v) is 4.70. The van der Waals surface area contributed by atoms with E-state index in [9.17, 15) is 0 Å². The molecule has 0 aliphatic carbocycles. The van der Waals surface area contributed by atoms with Gasteiger partial charge < -0.3 is 21.5 Å². The zero-order valence-electron chi connectivity index (χ0n) is 11.0. The van der Waals surface area contributed by atoms with E-state index in [2.05, 4.69) is 15.6 Å². The van der Waals surface area contributed by atoms with Crippen LogP contribution >= 0.6 is 0 Å². The van der Waals surface area contributed by atoms with Crippen LogP contribution in [-0.4, -0.2) is 17.4 Å². The lowest BCUT2D eigenvalue weighted by Gasteiger charge is -2.31. The Morgan fingerprint density at radius 2 is 2.05 bits per heavy atom. The second-order valence-electron chi connectivity index (χ2n) is 4.70. The molecule has 1 unspecified atom stereocenters. The minimum absolute atomic E-state index is 0.456. The van der Waals surface area contributed by atoms with Gasteiger partial charge in [0.25, 0.3) is 0 Å². The van der Waals surface area contributed by atoms with Crippen LogP contribution in [0.25, 0.3) is 5.70 Å². The average molecular weight is 273 g/mol. The molecule has 1 atom stereocenters. The van der Waals surface area contributed by atoms with Gasteiger partial charge in [-0.3, -0.25) is 0 Å². The molecule has 1 aliphatic rings. The van der Waals surface area contributed by atoms with Crippen LogP contribution in [0, 0.1) is 0 Å². The maximum atomic E-state index is 6.37. The number of nitrogens with two attached hydrogens (primary N) is 2. The predicted octanol–water partition coefficient (Wildman–Crippen LogP) is 0.293. The van der Waals surface area contributed by atoms with Gasteiger partial charge >= 0.3 is 0 Å². The first-order valence-corrected chi connectivity index (χ1v) is 6.11. The molecule has 0 fully saturated rings. The van der Waals surface area contributed by atoms with Crippen LogP contribution in [0.4, 0.5) is 0 Å². The summed E-state index contributed by atoms with van der Waals surface area (Å²) in [6, 6.07) is 7.66. The first-order chi connectivity index (χ1) is 9.62. The molecule has 0 radical (unpaired) electrons. The highest BCUT2D eigenvalue weighted by atomic mass is 16.6. The summed E-state index contributed by atoms with van der Waals surface area (Å²) in [7, 11) is 1.63. The van der Waals surface area contributed by atoms with Crippen molar-refractivity contribution in [2.24, 2.45) is 11.5 Å². The fourth-order valence-electron chi connectivity index (χ4n) is 2.21. The molecular weight excluding hydrogens is 258 g/mol. The molecule has 20 heavy (non-hydrogen) atoms. The number of methoxy groups -OCH3 is 1. The van der Waals surface area contributed by atoms with E-state index >= 15 is 0 Å². The first-order valence-electron chi connectivity index (χ1n) is 6.11. The molecule has 7 nitrogen and oxygen atoms in total. The van der Waals surface area contributed by atoms with Crippen molar-refractivity contribution in [3.05, 3.63) is 47.4 Å². The monoisotopic (exact) mass is 273 g/mol. The van der Waals surface area contributed by atoms with Gasteiger partial charge in [0.1, 0.15) is 11.4 Å². The van der Waals surface area contributed by atoms with E-state index < -0.39 is 5.66 Å². The van der Waals surface area contributed by atoms with Crippen molar-refractivity contribution in [3.63, 3.8) is 0 Å². The summed E-state index contributed by atoms with van der Waals surface area (Å²) in [5.74, 6) is 0.796. The highest BCUT2D eigenvalue weighted by Crippen LogP contribution is 2.28. The number of fused-ring (bicyclic) bond motifs is 1. The summed E-state index contributed by atoms with van der Waals surface area (Å²) in [4.78, 5) is 0. The van der Waals surface area contributed by atoms with E-state index in [1.807, 2.05) is 24.3 Å². The molecule has 0 saturated heterocycles. The Morgan fingerprint density at radius 1 is 1.30 bits per heavy atom. The normalized spacial score (nSPS) is 20.8. The summed E-state index contributed by atoms with van der Waals surface area (Å²) >= 11 is 0. The topological polar surface area (TPSA) is 112 Å². The van der Waals surface area contributed by atoms with Gasteiger partial charge in [0, 0.05) is 12.6 Å². The smallest absolute Gasteiger partial charge is 0.159 e. The Bertz CT molecular complexity index is 649. The number of aromatic nitrogens is 2. The number of benzene rings is 1. The lowest BCUT2D eigenvalue weighted by Crippen LogP contribution is -2.52. The van der Waals surface area contributed by atoms with Gasteiger partial charge in [-0.15, -0.1) is 0 Å². The molecule has 1 aliphatic heterocycles. The van der Waals surface area contributed by atoms with Crippen molar-refractivity contribution >= 4 is 5.70 Å². The maximum absolute atomic E-state index is 6.37. The van der Waals surface area contributed by atoms with E-state index in [4.69, 9.17) is 20.8 Å². The zero-order valence-corrected chi connectivity index (χ0v) is 11.0. The molecule has 2 aromatic rings. The third kappa shape index (κ3) is 1.97. The number of hydrogen-bond donors (Lipinski definition) is 3. The van der Waals surface area contributed by atoms with Gasteiger partial charge in [-0.2, -0.15) is 0 Å². The highest BCUT2D eigenvalue weighted by molar-refractivity contribution is 5.63. The number of nitrogens with one attached hydrogen (secondary N) is 1. The molecule has 104 valence electrons. The summed E-state index contributed by atoms with van der Waals surface area (Å²) in [5, 5.41) is 10.7. The molecule has 0 saturated carbocycles. The average Bonchev–Trinajstić information content (AvgIpc) is 2.96. The standard InChI is InChI=1S/C13H15N5O2/c1-19-9-4-2-8(3-5-9)6-13(15)12-11(17-20-18-12)10(14)7-16-13/h2-5,7,16H,6,14-15H2,1H3. The molecule has 1 aromatic heterocycles. The lowest BCUT2D eigenvalue weighted by molar-refractivity contribution is 0.283. The van der Waals surface area contributed by atoms with Crippen LogP contribution in [-0.2, 0) is 12.1 Å². The maximum Gasteiger partial charge on any atom is 0.159 e. The molecule has 5 N–H and O–H groups in total. The largest absolute Gasteiger partial charge is 0.497 e. The minimum atomic E-state index is -0.896. The van der Waals surface area contributed by atoms with Crippen molar-refractivity contribution in [2.75, 3.05) is 7.11 Å². The fourth-order valence-corrected chi connectivity index (χ4v) is 2.21. The van der Waals surface area contributed by atoms with Crippen molar-refractivity contribution in [1.29, 1.82) is 0 Å². The van der Waals surface area contributed by atoms with E-state index in [1.54, 1.807) is 13.3 Å². The van der Waals surface area contributed by atoms with Gasteiger partial charge in [0.2, 0.25) is 0 Å². The molecule has 0 bridgehead atoms. The Kier molecular flexibility index (Phi) is 2.83. The van der Waals surface area contributed by atoms with Gasteiger partial charge in [0.05, 0.1) is 12.8 Å². The van der Waals surface area contributed by atoms with Crippen LogP contribution < -0.4 is 21.5 Å². The summed E-state index contributed by atoms with van der Waals surface area (Å²) in [6.45, 7) is 0. The summed E-state index contributed by atoms with van der Waals surface area (Å²) < 4.78 is 9.88. The van der Waals surface area contributed by atoms with Crippen LogP contribution in [0.3, 0.4) is 0 Å². The fraction of sp³-hybridized carbons (Fsp3) is 0.231. The van der Waals surface area contributed by atoms with Crippen LogP contribution in [0.2, 0.25) is 0 Å². The summed E-state index contributed by atoms with van der Waals surface area (Å²) in [6.07, 6.45) is 2.14. The number of hydrogen-bond acceptors (Lipinski definition) is 7. The Labute approximate surface area is 115 Å². The van der Waals surface area contributed by atoms with Gasteiger partial charge in [-0.05, 0) is 22.9 Å². The third-order valence-electron chi connectivity index (χ3n) is 3.31. The number of ether oxygens (including phenoxy) is 1. The first kappa shape index (κ1) is 12.5. The zero-order chi connectivity index (χ0) is 14.2. The summed E-state index contributed by atoms with van der Waals surface area (Å²) in [5.41, 5.74) is 13.8. The molecule has 0 amide bonds. The van der Waals surface area contributed by atoms with Gasteiger partial charge in [0.15, 0.2) is 11.4 Å². The predicted molar refractivity (Wildman–Crippen MR) is 72.2 cm³/mol. The Hall–Kier alpha value is -2.54. The van der Waals surface area contributed by atoms with Crippen LogP contribution in [0.15, 0.2) is 35.1 Å². The van der Waals surface area contributed by atoms with Crippen molar-refractivity contribution < 1.29 is 9.37 Å². The van der Waals surface area contributed by atoms with Crippen molar-refractivity contribution in [3.8, 4) is 5.75 Å². The van der Waals surface area contributed by atoms with Crippen LogP contribution in [0.5, 0.6) is 5.75 Å². The Morgan fingerprint density at radius 3 is 2.75 bits per heavy atom.